The summed E-state index contributed by atoms with van der Waals surface area (Å²) >= 11 is 11.7. The van der Waals surface area contributed by atoms with E-state index in [4.69, 9.17) is 27.9 Å². The number of rotatable bonds is 6. The second kappa shape index (κ2) is 8.12. The first kappa shape index (κ1) is 16.8. The third kappa shape index (κ3) is 5.39. The van der Waals surface area contributed by atoms with Gasteiger partial charge in [-0.2, -0.15) is 5.10 Å². The third-order valence-electron chi connectivity index (χ3n) is 2.94. The molecular formula is C14H18Cl2N2O2. The first-order valence-corrected chi connectivity index (χ1v) is 7.10. The van der Waals surface area contributed by atoms with Gasteiger partial charge < -0.3 is 4.74 Å². The number of hydrogen-bond donors (Lipinski definition) is 1. The molecule has 0 saturated carbocycles. The maximum Gasteiger partial charge on any atom is 0.277 e. The van der Waals surface area contributed by atoms with Gasteiger partial charge >= 0.3 is 0 Å². The van der Waals surface area contributed by atoms with E-state index < -0.39 is 0 Å². The molecule has 0 aromatic heterocycles. The van der Waals surface area contributed by atoms with Crippen LogP contribution >= 0.6 is 23.2 Å². The predicted octanol–water partition coefficient (Wildman–Crippen LogP) is 3.91. The quantitative estimate of drug-likeness (QED) is 0.639. The lowest BCUT2D eigenvalue weighted by Crippen LogP contribution is -2.26. The molecule has 1 N–H and O–H groups in total. The van der Waals surface area contributed by atoms with E-state index in [0.717, 1.165) is 12.1 Å². The van der Waals surface area contributed by atoms with Gasteiger partial charge in [0, 0.05) is 10.7 Å². The molecule has 0 aliphatic rings. The molecule has 0 saturated heterocycles. The second-order valence-corrected chi connectivity index (χ2v) is 5.30. The number of nitrogens with zero attached hydrogens (tertiary/aromatic N) is 1. The minimum absolute atomic E-state index is 0.154. The van der Waals surface area contributed by atoms with E-state index in [1.165, 1.54) is 0 Å². The van der Waals surface area contributed by atoms with Gasteiger partial charge in [-0.1, -0.05) is 37.0 Å². The number of hydrazone groups is 1. The lowest BCUT2D eigenvalue weighted by Gasteiger charge is -2.09. The standard InChI is InChI=1S/C14H18Cl2N2O2/c1-4-9(2)10(3)17-18-14(19)8-20-13-6-5-11(15)7-12(13)16/h5-7,9H,4,8H2,1-3H3,(H,18,19)/b17-10-/t9-/m0/s1. The molecule has 20 heavy (non-hydrogen) atoms. The normalized spacial score (nSPS) is 12.9. The van der Waals surface area contributed by atoms with E-state index >= 15 is 0 Å². The first-order chi connectivity index (χ1) is 9.43. The molecule has 1 atom stereocenters. The molecule has 0 aliphatic carbocycles. The van der Waals surface area contributed by atoms with E-state index in [9.17, 15) is 4.79 Å². The van der Waals surface area contributed by atoms with Crippen molar-refractivity contribution in [3.05, 3.63) is 28.2 Å². The molecule has 0 spiro atoms. The van der Waals surface area contributed by atoms with Gasteiger partial charge in [-0.15, -0.1) is 0 Å². The molecule has 4 nitrogen and oxygen atoms in total. The number of carbonyl (C=O) groups excluding carboxylic acids is 1. The Hall–Kier alpha value is -1.26. The molecular weight excluding hydrogens is 299 g/mol. The average molecular weight is 317 g/mol. The van der Waals surface area contributed by atoms with Crippen LogP contribution in [0.2, 0.25) is 10.0 Å². The number of amides is 1. The Kier molecular flexibility index (Phi) is 6.82. The van der Waals surface area contributed by atoms with Gasteiger partial charge in [0.25, 0.3) is 5.91 Å². The van der Waals surface area contributed by atoms with Gasteiger partial charge in [-0.3, -0.25) is 4.79 Å². The maximum absolute atomic E-state index is 11.6. The molecule has 0 fully saturated rings. The van der Waals surface area contributed by atoms with Crippen LogP contribution in [0.4, 0.5) is 0 Å². The zero-order chi connectivity index (χ0) is 15.1. The number of halogens is 2. The van der Waals surface area contributed by atoms with E-state index in [1.807, 2.05) is 6.92 Å². The zero-order valence-corrected chi connectivity index (χ0v) is 13.3. The molecule has 1 aromatic carbocycles. The van der Waals surface area contributed by atoms with Crippen LogP contribution in [0.5, 0.6) is 5.75 Å². The Morgan fingerprint density at radius 1 is 1.45 bits per heavy atom. The Labute approximate surface area is 129 Å². The summed E-state index contributed by atoms with van der Waals surface area (Å²) in [5.74, 6) is 0.412. The van der Waals surface area contributed by atoms with Crippen molar-refractivity contribution in [1.82, 2.24) is 5.43 Å². The van der Waals surface area contributed by atoms with Crippen molar-refractivity contribution in [2.75, 3.05) is 6.61 Å². The van der Waals surface area contributed by atoms with Gasteiger partial charge in [-0.05, 0) is 37.5 Å². The van der Waals surface area contributed by atoms with Gasteiger partial charge in [0.1, 0.15) is 5.75 Å². The molecule has 1 aromatic rings. The molecule has 0 radical (unpaired) electrons. The summed E-state index contributed by atoms with van der Waals surface area (Å²) in [5.41, 5.74) is 3.33. The highest BCUT2D eigenvalue weighted by Crippen LogP contribution is 2.27. The molecule has 0 unspecified atom stereocenters. The largest absolute Gasteiger partial charge is 0.482 e. The van der Waals surface area contributed by atoms with Crippen LogP contribution in [0, 0.1) is 5.92 Å². The molecule has 0 bridgehead atoms. The number of ether oxygens (including phenoxy) is 1. The monoisotopic (exact) mass is 316 g/mol. The Morgan fingerprint density at radius 3 is 2.75 bits per heavy atom. The molecule has 1 rings (SSSR count). The second-order valence-electron chi connectivity index (χ2n) is 4.46. The van der Waals surface area contributed by atoms with Crippen molar-refractivity contribution in [3.8, 4) is 5.75 Å². The topological polar surface area (TPSA) is 50.7 Å². The summed E-state index contributed by atoms with van der Waals surface area (Å²) in [6, 6.07) is 4.82. The molecule has 0 aliphatic heterocycles. The first-order valence-electron chi connectivity index (χ1n) is 6.35. The fraction of sp³-hybridized carbons (Fsp3) is 0.429. The van der Waals surface area contributed by atoms with Gasteiger partial charge in [0.2, 0.25) is 0 Å². The van der Waals surface area contributed by atoms with Gasteiger partial charge in [0.05, 0.1) is 5.02 Å². The highest BCUT2D eigenvalue weighted by molar-refractivity contribution is 6.35. The number of carbonyl (C=O) groups is 1. The summed E-state index contributed by atoms with van der Waals surface area (Å²) in [4.78, 5) is 11.6. The van der Waals surface area contributed by atoms with E-state index in [2.05, 4.69) is 24.4 Å². The minimum Gasteiger partial charge on any atom is -0.482 e. The summed E-state index contributed by atoms with van der Waals surface area (Å²) in [6.45, 7) is 5.84. The van der Waals surface area contributed by atoms with Crippen LogP contribution in [-0.4, -0.2) is 18.2 Å². The molecule has 6 heteroatoms. The number of benzene rings is 1. The Balaban J connectivity index is 2.48. The van der Waals surface area contributed by atoms with Crippen LogP contribution in [-0.2, 0) is 4.79 Å². The number of hydrogen-bond acceptors (Lipinski definition) is 3. The lowest BCUT2D eigenvalue weighted by atomic mass is 10.1. The number of nitrogens with one attached hydrogen (secondary N) is 1. The van der Waals surface area contributed by atoms with Gasteiger partial charge in [0.15, 0.2) is 6.61 Å². The van der Waals surface area contributed by atoms with Crippen LogP contribution in [0.15, 0.2) is 23.3 Å². The van der Waals surface area contributed by atoms with Crippen molar-refractivity contribution < 1.29 is 9.53 Å². The summed E-state index contributed by atoms with van der Waals surface area (Å²) < 4.78 is 5.30. The highest BCUT2D eigenvalue weighted by atomic mass is 35.5. The van der Waals surface area contributed by atoms with Gasteiger partial charge in [-0.25, -0.2) is 5.43 Å². The van der Waals surface area contributed by atoms with Crippen LogP contribution in [0.3, 0.4) is 0 Å². The van der Waals surface area contributed by atoms with Crippen molar-refractivity contribution >= 4 is 34.8 Å². The van der Waals surface area contributed by atoms with E-state index in [1.54, 1.807) is 18.2 Å². The molecule has 110 valence electrons. The fourth-order valence-electron chi connectivity index (χ4n) is 1.32. The van der Waals surface area contributed by atoms with Crippen LogP contribution in [0.25, 0.3) is 0 Å². The Bertz CT molecular complexity index is 504. The molecule has 1 amide bonds. The van der Waals surface area contributed by atoms with E-state index in [-0.39, 0.29) is 12.5 Å². The van der Waals surface area contributed by atoms with E-state index in [0.29, 0.717) is 21.7 Å². The average Bonchev–Trinajstić information content (AvgIpc) is 2.42. The summed E-state index contributed by atoms with van der Waals surface area (Å²) in [5, 5.41) is 4.91. The Morgan fingerprint density at radius 2 is 2.15 bits per heavy atom. The van der Waals surface area contributed by atoms with Crippen LogP contribution < -0.4 is 10.2 Å². The SMILES string of the molecule is CC[C@H](C)/C(C)=N\NC(=O)COc1ccc(Cl)cc1Cl. The zero-order valence-electron chi connectivity index (χ0n) is 11.7. The predicted molar refractivity (Wildman–Crippen MR) is 82.7 cm³/mol. The highest BCUT2D eigenvalue weighted by Gasteiger charge is 2.07. The van der Waals surface area contributed by atoms with Crippen LogP contribution in [0.1, 0.15) is 27.2 Å². The van der Waals surface area contributed by atoms with Crippen molar-refractivity contribution in [2.45, 2.75) is 27.2 Å². The summed E-state index contributed by atoms with van der Waals surface area (Å²) in [6.07, 6.45) is 0.974. The van der Waals surface area contributed by atoms with Crippen molar-refractivity contribution in [3.63, 3.8) is 0 Å². The third-order valence-corrected chi connectivity index (χ3v) is 3.47. The smallest absolute Gasteiger partial charge is 0.277 e. The minimum atomic E-state index is -0.335. The van der Waals surface area contributed by atoms with Crippen molar-refractivity contribution in [1.29, 1.82) is 0 Å². The summed E-state index contributed by atoms with van der Waals surface area (Å²) in [7, 11) is 0. The molecule has 0 heterocycles. The van der Waals surface area contributed by atoms with Crippen molar-refractivity contribution in [2.24, 2.45) is 11.0 Å². The lowest BCUT2D eigenvalue weighted by molar-refractivity contribution is -0.123. The maximum atomic E-state index is 11.6. The fourth-order valence-corrected chi connectivity index (χ4v) is 1.79.